The van der Waals surface area contributed by atoms with Gasteiger partial charge in [-0.1, -0.05) is 36.4 Å². The van der Waals surface area contributed by atoms with E-state index in [1.165, 1.54) is 37.2 Å². The predicted octanol–water partition coefficient (Wildman–Crippen LogP) is 3.47. The summed E-state index contributed by atoms with van der Waals surface area (Å²) in [5.74, 6) is 0.737. The maximum absolute atomic E-state index is 5.08. The van der Waals surface area contributed by atoms with Crippen LogP contribution in [-0.4, -0.2) is 30.2 Å². The molecule has 3 saturated heterocycles. The highest BCUT2D eigenvalue weighted by Crippen LogP contribution is 2.29. The molecule has 3 aliphatic heterocycles. The van der Waals surface area contributed by atoms with E-state index in [1.807, 2.05) is 6.08 Å². The standard InChI is InChI=1S/C17H22N2/c1-2-6-16(14-7-4-3-5-8-14)18-17-13-19-11-9-15(17)10-12-19/h2-5,7-8,15-16H,1,6,9-13H2/t16-/m1/s1. The first kappa shape index (κ1) is 12.6. The first-order valence-corrected chi connectivity index (χ1v) is 7.31. The third-order valence-corrected chi connectivity index (χ3v) is 4.34. The minimum Gasteiger partial charge on any atom is -0.298 e. The lowest BCUT2D eigenvalue weighted by molar-refractivity contribution is 0.199. The second-order valence-electron chi connectivity index (χ2n) is 5.62. The first-order chi connectivity index (χ1) is 9.36. The zero-order valence-electron chi connectivity index (χ0n) is 11.5. The summed E-state index contributed by atoms with van der Waals surface area (Å²) in [6, 6.07) is 10.9. The zero-order chi connectivity index (χ0) is 13.1. The van der Waals surface area contributed by atoms with Crippen LogP contribution in [0.2, 0.25) is 0 Å². The Morgan fingerprint density at radius 2 is 2.00 bits per heavy atom. The largest absolute Gasteiger partial charge is 0.298 e. The Morgan fingerprint density at radius 3 is 2.58 bits per heavy atom. The highest BCUT2D eigenvalue weighted by atomic mass is 15.2. The lowest BCUT2D eigenvalue weighted by atomic mass is 9.86. The Hall–Kier alpha value is -1.41. The van der Waals surface area contributed by atoms with E-state index in [1.54, 1.807) is 0 Å². The van der Waals surface area contributed by atoms with Gasteiger partial charge in [0.2, 0.25) is 0 Å². The molecule has 1 aromatic rings. The van der Waals surface area contributed by atoms with Crippen LogP contribution in [-0.2, 0) is 0 Å². The normalized spacial score (nSPS) is 29.4. The summed E-state index contributed by atoms with van der Waals surface area (Å²) in [6.45, 7) is 7.51. The Labute approximate surface area is 115 Å². The highest BCUT2D eigenvalue weighted by molar-refractivity contribution is 5.90. The van der Waals surface area contributed by atoms with E-state index < -0.39 is 0 Å². The third-order valence-electron chi connectivity index (χ3n) is 4.34. The quantitative estimate of drug-likeness (QED) is 0.751. The second-order valence-corrected chi connectivity index (χ2v) is 5.62. The van der Waals surface area contributed by atoms with Crippen molar-refractivity contribution in [2.45, 2.75) is 25.3 Å². The number of benzene rings is 1. The minimum absolute atomic E-state index is 0.259. The topological polar surface area (TPSA) is 15.6 Å². The number of hydrogen-bond acceptors (Lipinski definition) is 2. The molecular weight excluding hydrogens is 232 g/mol. The van der Waals surface area contributed by atoms with Gasteiger partial charge < -0.3 is 0 Å². The van der Waals surface area contributed by atoms with Crippen LogP contribution in [0.5, 0.6) is 0 Å². The lowest BCUT2D eigenvalue weighted by Crippen LogP contribution is -2.48. The van der Waals surface area contributed by atoms with E-state index in [2.05, 4.69) is 41.8 Å². The molecule has 0 aromatic heterocycles. The molecular formula is C17H22N2. The van der Waals surface area contributed by atoms with Crippen molar-refractivity contribution in [3.05, 3.63) is 48.6 Å². The van der Waals surface area contributed by atoms with Gasteiger partial charge in [-0.05, 0) is 37.9 Å². The molecule has 2 nitrogen and oxygen atoms in total. The van der Waals surface area contributed by atoms with Gasteiger partial charge in [-0.15, -0.1) is 6.58 Å². The van der Waals surface area contributed by atoms with Gasteiger partial charge in [-0.25, -0.2) is 0 Å². The molecule has 0 radical (unpaired) electrons. The van der Waals surface area contributed by atoms with Crippen LogP contribution in [0.1, 0.15) is 30.9 Å². The molecule has 4 rings (SSSR count). The molecule has 0 saturated carbocycles. The Balaban J connectivity index is 1.83. The van der Waals surface area contributed by atoms with Crippen molar-refractivity contribution in [3.8, 4) is 0 Å². The van der Waals surface area contributed by atoms with Crippen molar-refractivity contribution in [1.82, 2.24) is 4.90 Å². The van der Waals surface area contributed by atoms with Gasteiger partial charge in [-0.2, -0.15) is 0 Å². The van der Waals surface area contributed by atoms with Crippen LogP contribution >= 0.6 is 0 Å². The Bertz CT molecular complexity index is 455. The molecule has 3 aliphatic rings. The minimum atomic E-state index is 0.259. The Morgan fingerprint density at radius 1 is 1.26 bits per heavy atom. The van der Waals surface area contributed by atoms with Crippen LogP contribution in [0, 0.1) is 5.92 Å². The van der Waals surface area contributed by atoms with Crippen LogP contribution in [0.25, 0.3) is 0 Å². The lowest BCUT2D eigenvalue weighted by Gasteiger charge is -2.40. The van der Waals surface area contributed by atoms with Crippen molar-refractivity contribution in [2.75, 3.05) is 19.6 Å². The number of hydrogen-bond donors (Lipinski definition) is 0. The van der Waals surface area contributed by atoms with Crippen LogP contribution < -0.4 is 0 Å². The summed E-state index contributed by atoms with van der Waals surface area (Å²) in [5, 5.41) is 0. The van der Waals surface area contributed by atoms with Gasteiger partial charge in [0.1, 0.15) is 0 Å². The first-order valence-electron chi connectivity index (χ1n) is 7.31. The van der Waals surface area contributed by atoms with E-state index >= 15 is 0 Å². The van der Waals surface area contributed by atoms with Crippen molar-refractivity contribution in [3.63, 3.8) is 0 Å². The Kier molecular flexibility index (Phi) is 3.79. The summed E-state index contributed by atoms with van der Waals surface area (Å²) in [7, 11) is 0. The molecule has 1 aromatic carbocycles. The van der Waals surface area contributed by atoms with E-state index in [9.17, 15) is 0 Å². The SMILES string of the molecule is C=CC[C@@H](N=C1CN2CCC1CC2)c1ccccc1. The molecule has 0 aliphatic carbocycles. The molecule has 0 spiro atoms. The zero-order valence-corrected chi connectivity index (χ0v) is 11.5. The van der Waals surface area contributed by atoms with E-state index in [-0.39, 0.29) is 6.04 Å². The smallest absolute Gasteiger partial charge is 0.0783 e. The number of nitrogens with zero attached hydrogens (tertiary/aromatic N) is 2. The van der Waals surface area contributed by atoms with Gasteiger partial charge in [0.15, 0.2) is 0 Å². The number of aliphatic imine (C=N–C) groups is 1. The monoisotopic (exact) mass is 254 g/mol. The van der Waals surface area contributed by atoms with Crippen LogP contribution in [0.3, 0.4) is 0 Å². The van der Waals surface area contributed by atoms with Gasteiger partial charge in [0, 0.05) is 18.2 Å². The maximum atomic E-state index is 5.08. The van der Waals surface area contributed by atoms with Crippen molar-refractivity contribution < 1.29 is 0 Å². The fourth-order valence-electron chi connectivity index (χ4n) is 3.23. The van der Waals surface area contributed by atoms with Crippen molar-refractivity contribution >= 4 is 5.71 Å². The molecule has 2 heteroatoms. The second kappa shape index (κ2) is 5.70. The maximum Gasteiger partial charge on any atom is 0.0783 e. The van der Waals surface area contributed by atoms with Gasteiger partial charge >= 0.3 is 0 Å². The molecule has 3 fully saturated rings. The summed E-state index contributed by atoms with van der Waals surface area (Å²) < 4.78 is 0. The van der Waals surface area contributed by atoms with Crippen molar-refractivity contribution in [1.29, 1.82) is 0 Å². The van der Waals surface area contributed by atoms with E-state index in [0.717, 1.165) is 18.9 Å². The molecule has 2 bridgehead atoms. The van der Waals surface area contributed by atoms with Gasteiger partial charge in [0.05, 0.1) is 6.04 Å². The number of rotatable bonds is 4. The van der Waals surface area contributed by atoms with Crippen LogP contribution in [0.15, 0.2) is 48.0 Å². The predicted molar refractivity (Wildman–Crippen MR) is 80.6 cm³/mol. The molecule has 0 amide bonds. The van der Waals surface area contributed by atoms with Crippen molar-refractivity contribution in [2.24, 2.45) is 10.9 Å². The molecule has 3 heterocycles. The number of piperidine rings is 3. The summed E-state index contributed by atoms with van der Waals surface area (Å²) in [5.41, 5.74) is 2.74. The molecule has 0 unspecified atom stereocenters. The van der Waals surface area contributed by atoms with Gasteiger partial charge in [0.25, 0.3) is 0 Å². The summed E-state index contributed by atoms with van der Waals surface area (Å²) >= 11 is 0. The molecule has 1 atom stereocenters. The average molecular weight is 254 g/mol. The summed E-state index contributed by atoms with van der Waals surface area (Å²) in [6.07, 6.45) is 5.52. The average Bonchev–Trinajstić information content (AvgIpc) is 2.49. The highest BCUT2D eigenvalue weighted by Gasteiger charge is 2.31. The molecule has 100 valence electrons. The fraction of sp³-hybridized carbons (Fsp3) is 0.471. The van der Waals surface area contributed by atoms with E-state index in [0.29, 0.717) is 0 Å². The van der Waals surface area contributed by atoms with E-state index in [4.69, 9.17) is 4.99 Å². The third kappa shape index (κ3) is 2.79. The van der Waals surface area contributed by atoms with Gasteiger partial charge in [-0.3, -0.25) is 9.89 Å². The molecule has 19 heavy (non-hydrogen) atoms. The molecule has 0 N–H and O–H groups in total. The van der Waals surface area contributed by atoms with Crippen LogP contribution in [0.4, 0.5) is 0 Å². The fourth-order valence-corrected chi connectivity index (χ4v) is 3.23. The number of fused-ring (bicyclic) bond motifs is 3. The summed E-state index contributed by atoms with van der Waals surface area (Å²) in [4.78, 5) is 7.62.